The highest BCUT2D eigenvalue weighted by atomic mass is 16.2. The van der Waals surface area contributed by atoms with E-state index in [0.717, 1.165) is 0 Å². The van der Waals surface area contributed by atoms with Crippen LogP contribution in [-0.4, -0.2) is 64.1 Å². The molecule has 1 aliphatic rings. The lowest BCUT2D eigenvalue weighted by molar-refractivity contribution is -0.124. The number of carbonyl (C=O) groups excluding carboxylic acids is 2. The number of aromatic nitrogens is 2. The van der Waals surface area contributed by atoms with Crippen molar-refractivity contribution in [3.8, 4) is 0 Å². The number of aryl methyl sites for hydroxylation is 1. The Labute approximate surface area is 105 Å². The summed E-state index contributed by atoms with van der Waals surface area (Å²) < 4.78 is 1.58. The van der Waals surface area contributed by atoms with Crippen molar-refractivity contribution in [1.29, 1.82) is 0 Å². The monoisotopic (exact) mass is 251 g/mol. The van der Waals surface area contributed by atoms with Gasteiger partial charge in [-0.1, -0.05) is 0 Å². The molecule has 0 saturated carbocycles. The minimum atomic E-state index is -0.425. The standard InChI is InChI=1S/C11H17N5O2/c1-14-5-6-16(7-9(14)10(12)17)11(18)8-3-4-15(2)13-8/h3-4,9H,5-7H2,1-2H3,(H2,12,17)/t9-/m0/s1. The normalized spacial score (nSPS) is 21.0. The molecule has 1 atom stereocenters. The maximum absolute atomic E-state index is 12.2. The molecule has 2 heterocycles. The largest absolute Gasteiger partial charge is 0.368 e. The van der Waals surface area contributed by atoms with Crippen molar-refractivity contribution in [2.45, 2.75) is 6.04 Å². The molecule has 1 saturated heterocycles. The third-order valence-electron chi connectivity index (χ3n) is 3.20. The summed E-state index contributed by atoms with van der Waals surface area (Å²) in [6.45, 7) is 1.53. The van der Waals surface area contributed by atoms with E-state index >= 15 is 0 Å². The first-order valence-corrected chi connectivity index (χ1v) is 5.77. The van der Waals surface area contributed by atoms with Crippen LogP contribution in [0.25, 0.3) is 0 Å². The van der Waals surface area contributed by atoms with E-state index in [4.69, 9.17) is 5.73 Å². The van der Waals surface area contributed by atoms with Gasteiger partial charge in [-0.15, -0.1) is 0 Å². The van der Waals surface area contributed by atoms with E-state index in [-0.39, 0.29) is 5.91 Å². The summed E-state index contributed by atoms with van der Waals surface area (Å²) in [5, 5.41) is 4.07. The Morgan fingerprint density at radius 1 is 1.39 bits per heavy atom. The number of carbonyl (C=O) groups is 2. The highest BCUT2D eigenvalue weighted by Crippen LogP contribution is 2.10. The van der Waals surface area contributed by atoms with Crippen molar-refractivity contribution in [3.63, 3.8) is 0 Å². The molecule has 0 aliphatic carbocycles. The Balaban J connectivity index is 2.10. The second-order valence-corrected chi connectivity index (χ2v) is 4.52. The molecular weight excluding hydrogens is 234 g/mol. The Morgan fingerprint density at radius 3 is 2.67 bits per heavy atom. The number of amides is 2. The third kappa shape index (κ3) is 2.35. The number of primary amides is 1. The second kappa shape index (κ2) is 4.77. The number of hydrogen-bond donors (Lipinski definition) is 1. The lowest BCUT2D eigenvalue weighted by Gasteiger charge is -2.37. The fraction of sp³-hybridized carbons (Fsp3) is 0.545. The SMILES string of the molecule is CN1CCN(C(=O)c2ccn(C)n2)C[C@H]1C(N)=O. The third-order valence-corrected chi connectivity index (χ3v) is 3.20. The molecule has 7 nitrogen and oxygen atoms in total. The molecule has 2 rings (SSSR count). The summed E-state index contributed by atoms with van der Waals surface area (Å²) in [5.74, 6) is -0.564. The minimum absolute atomic E-state index is 0.157. The van der Waals surface area contributed by atoms with Gasteiger partial charge >= 0.3 is 0 Å². The van der Waals surface area contributed by atoms with Gasteiger partial charge in [0.05, 0.1) is 0 Å². The fourth-order valence-electron chi connectivity index (χ4n) is 2.06. The van der Waals surface area contributed by atoms with Crippen LogP contribution in [0, 0.1) is 0 Å². The van der Waals surface area contributed by atoms with Gasteiger partial charge < -0.3 is 10.6 Å². The maximum atomic E-state index is 12.2. The second-order valence-electron chi connectivity index (χ2n) is 4.52. The lowest BCUT2D eigenvalue weighted by atomic mass is 10.1. The first-order chi connectivity index (χ1) is 8.49. The minimum Gasteiger partial charge on any atom is -0.368 e. The van der Waals surface area contributed by atoms with Gasteiger partial charge in [-0.2, -0.15) is 5.10 Å². The summed E-state index contributed by atoms with van der Waals surface area (Å²) in [4.78, 5) is 27.0. The Bertz CT molecular complexity index is 470. The predicted octanol–water partition coefficient (Wildman–Crippen LogP) is -1.34. The molecule has 0 radical (unpaired) electrons. The molecule has 1 aromatic rings. The van der Waals surface area contributed by atoms with Gasteiger partial charge in [0.15, 0.2) is 0 Å². The summed E-state index contributed by atoms with van der Waals surface area (Å²) in [6.07, 6.45) is 1.72. The van der Waals surface area contributed by atoms with Crippen LogP contribution >= 0.6 is 0 Å². The zero-order valence-electron chi connectivity index (χ0n) is 10.5. The van der Waals surface area contributed by atoms with Gasteiger partial charge in [0.1, 0.15) is 11.7 Å². The van der Waals surface area contributed by atoms with Crippen molar-refractivity contribution < 1.29 is 9.59 Å². The van der Waals surface area contributed by atoms with E-state index in [1.807, 2.05) is 11.9 Å². The van der Waals surface area contributed by atoms with E-state index in [0.29, 0.717) is 25.3 Å². The molecule has 2 amide bonds. The van der Waals surface area contributed by atoms with Gasteiger partial charge in [-0.3, -0.25) is 19.2 Å². The first kappa shape index (κ1) is 12.6. The van der Waals surface area contributed by atoms with Crippen molar-refractivity contribution in [2.75, 3.05) is 26.7 Å². The highest BCUT2D eigenvalue weighted by molar-refractivity contribution is 5.93. The van der Waals surface area contributed by atoms with Crippen LogP contribution in [0.15, 0.2) is 12.3 Å². The number of piperazine rings is 1. The number of nitrogens with zero attached hydrogens (tertiary/aromatic N) is 4. The average molecular weight is 251 g/mol. The van der Waals surface area contributed by atoms with Crippen LogP contribution < -0.4 is 5.73 Å². The quantitative estimate of drug-likeness (QED) is 0.705. The molecule has 0 spiro atoms. The van der Waals surface area contributed by atoms with Gasteiger partial charge in [0, 0.05) is 32.9 Å². The molecule has 98 valence electrons. The molecule has 18 heavy (non-hydrogen) atoms. The lowest BCUT2D eigenvalue weighted by Crippen LogP contribution is -2.57. The number of likely N-dealkylation sites (N-methyl/N-ethyl adjacent to an activating group) is 1. The average Bonchev–Trinajstić information content (AvgIpc) is 2.75. The van der Waals surface area contributed by atoms with Gasteiger partial charge in [0.25, 0.3) is 5.91 Å². The summed E-state index contributed by atoms with van der Waals surface area (Å²) in [5.41, 5.74) is 5.72. The number of nitrogens with two attached hydrogens (primary N) is 1. The topological polar surface area (TPSA) is 84.5 Å². The number of hydrogen-bond acceptors (Lipinski definition) is 4. The Morgan fingerprint density at radius 2 is 2.11 bits per heavy atom. The van der Waals surface area contributed by atoms with Crippen LogP contribution in [0.2, 0.25) is 0 Å². The van der Waals surface area contributed by atoms with Crippen LogP contribution in [0.4, 0.5) is 0 Å². The molecule has 7 heteroatoms. The molecule has 0 aromatic carbocycles. The van der Waals surface area contributed by atoms with Crippen molar-refractivity contribution in [3.05, 3.63) is 18.0 Å². The smallest absolute Gasteiger partial charge is 0.274 e. The molecule has 1 fully saturated rings. The van der Waals surface area contributed by atoms with Gasteiger partial charge in [-0.05, 0) is 13.1 Å². The predicted molar refractivity (Wildman–Crippen MR) is 64.7 cm³/mol. The molecular formula is C11H17N5O2. The Kier molecular flexibility index (Phi) is 3.33. The molecule has 1 aromatic heterocycles. The van der Waals surface area contributed by atoms with Crippen molar-refractivity contribution in [2.24, 2.45) is 12.8 Å². The van der Waals surface area contributed by atoms with Crippen molar-refractivity contribution >= 4 is 11.8 Å². The number of rotatable bonds is 2. The van der Waals surface area contributed by atoms with Crippen molar-refractivity contribution in [1.82, 2.24) is 19.6 Å². The first-order valence-electron chi connectivity index (χ1n) is 5.77. The summed E-state index contributed by atoms with van der Waals surface area (Å²) >= 11 is 0. The van der Waals surface area contributed by atoms with Crippen LogP contribution in [0.1, 0.15) is 10.5 Å². The van der Waals surface area contributed by atoms with E-state index in [1.54, 1.807) is 28.9 Å². The van der Waals surface area contributed by atoms with Crippen LogP contribution in [0.3, 0.4) is 0 Å². The van der Waals surface area contributed by atoms with E-state index < -0.39 is 11.9 Å². The van der Waals surface area contributed by atoms with E-state index in [9.17, 15) is 9.59 Å². The summed E-state index contributed by atoms with van der Waals surface area (Å²) in [6, 6.07) is 1.24. The maximum Gasteiger partial charge on any atom is 0.274 e. The highest BCUT2D eigenvalue weighted by Gasteiger charge is 2.31. The van der Waals surface area contributed by atoms with Crippen LogP contribution in [0.5, 0.6) is 0 Å². The Hall–Kier alpha value is -1.89. The fourth-order valence-corrected chi connectivity index (χ4v) is 2.06. The van der Waals surface area contributed by atoms with Gasteiger partial charge in [-0.25, -0.2) is 0 Å². The van der Waals surface area contributed by atoms with E-state index in [1.165, 1.54) is 0 Å². The zero-order valence-corrected chi connectivity index (χ0v) is 10.5. The van der Waals surface area contributed by atoms with E-state index in [2.05, 4.69) is 5.10 Å². The molecule has 0 unspecified atom stereocenters. The molecule has 0 bridgehead atoms. The molecule has 2 N–H and O–H groups in total. The zero-order chi connectivity index (χ0) is 13.3. The summed E-state index contributed by atoms with van der Waals surface area (Å²) in [7, 11) is 3.59. The van der Waals surface area contributed by atoms with Gasteiger partial charge in [0.2, 0.25) is 5.91 Å². The van der Waals surface area contributed by atoms with Crippen LogP contribution in [-0.2, 0) is 11.8 Å². The molecule has 1 aliphatic heterocycles.